The maximum absolute atomic E-state index is 13.4. The predicted molar refractivity (Wildman–Crippen MR) is 70.4 cm³/mol. The molecule has 0 aliphatic rings. The Kier molecular flexibility index (Phi) is 4.12. The third-order valence-electron chi connectivity index (χ3n) is 2.12. The molecule has 0 N–H and O–H groups in total. The van der Waals surface area contributed by atoms with Crippen LogP contribution in [-0.2, 0) is 6.61 Å². The van der Waals surface area contributed by atoms with Crippen LogP contribution in [-0.4, -0.2) is 4.98 Å². The molecule has 2 nitrogen and oxygen atoms in total. The average Bonchev–Trinajstić information content (AvgIpc) is 2.32. The van der Waals surface area contributed by atoms with Gasteiger partial charge in [0.25, 0.3) is 0 Å². The molecule has 0 aliphatic heterocycles. The minimum Gasteiger partial charge on any atom is -0.486 e. The van der Waals surface area contributed by atoms with Crippen LogP contribution in [0.3, 0.4) is 0 Å². The van der Waals surface area contributed by atoms with E-state index in [2.05, 4.69) is 36.8 Å². The molecule has 0 fully saturated rings. The second-order valence-corrected chi connectivity index (χ2v) is 4.98. The standard InChI is InChI=1S/C12H8Br2FNO/c13-9-3-4-10(15)8(6-9)7-17-11-2-1-5-16-12(11)14/h1-6H,7H2. The van der Waals surface area contributed by atoms with Gasteiger partial charge in [0.2, 0.25) is 0 Å². The van der Waals surface area contributed by atoms with Gasteiger partial charge in [0.05, 0.1) is 0 Å². The summed E-state index contributed by atoms with van der Waals surface area (Å²) in [4.78, 5) is 4.02. The van der Waals surface area contributed by atoms with Crippen LogP contribution in [0.4, 0.5) is 4.39 Å². The lowest BCUT2D eigenvalue weighted by Gasteiger charge is -2.08. The van der Waals surface area contributed by atoms with Gasteiger partial charge in [-0.2, -0.15) is 0 Å². The lowest BCUT2D eigenvalue weighted by atomic mass is 10.2. The first kappa shape index (κ1) is 12.5. The molecule has 2 aromatic rings. The van der Waals surface area contributed by atoms with Gasteiger partial charge in [-0.3, -0.25) is 0 Å². The van der Waals surface area contributed by atoms with Crippen molar-refractivity contribution in [2.45, 2.75) is 6.61 Å². The molecule has 0 bridgehead atoms. The third kappa shape index (κ3) is 3.26. The number of ether oxygens (including phenoxy) is 1. The van der Waals surface area contributed by atoms with Gasteiger partial charge >= 0.3 is 0 Å². The zero-order chi connectivity index (χ0) is 12.3. The largest absolute Gasteiger partial charge is 0.486 e. The molecule has 0 amide bonds. The fourth-order valence-electron chi connectivity index (χ4n) is 1.29. The SMILES string of the molecule is Fc1ccc(Br)cc1COc1cccnc1Br. The van der Waals surface area contributed by atoms with Crippen molar-refractivity contribution in [1.82, 2.24) is 4.98 Å². The highest BCUT2D eigenvalue weighted by Crippen LogP contribution is 2.23. The molecule has 0 unspecified atom stereocenters. The van der Waals surface area contributed by atoms with Gasteiger partial charge in [-0.25, -0.2) is 9.37 Å². The summed E-state index contributed by atoms with van der Waals surface area (Å²) < 4.78 is 20.4. The van der Waals surface area contributed by atoms with E-state index in [0.29, 0.717) is 15.9 Å². The molecule has 0 aliphatic carbocycles. The molecule has 2 rings (SSSR count). The second kappa shape index (κ2) is 5.60. The highest BCUT2D eigenvalue weighted by molar-refractivity contribution is 9.10. The minimum atomic E-state index is -0.284. The van der Waals surface area contributed by atoms with Crippen molar-refractivity contribution >= 4 is 31.9 Å². The summed E-state index contributed by atoms with van der Waals surface area (Å²) in [6.45, 7) is 0.162. The van der Waals surface area contributed by atoms with Crippen LogP contribution < -0.4 is 4.74 Å². The third-order valence-corrected chi connectivity index (χ3v) is 3.20. The second-order valence-electron chi connectivity index (χ2n) is 3.32. The predicted octanol–water partition coefficient (Wildman–Crippen LogP) is 4.32. The number of hydrogen-bond acceptors (Lipinski definition) is 2. The van der Waals surface area contributed by atoms with Gasteiger partial charge in [-0.1, -0.05) is 15.9 Å². The Balaban J connectivity index is 2.12. The molecule has 0 saturated carbocycles. The van der Waals surface area contributed by atoms with E-state index in [4.69, 9.17) is 4.74 Å². The summed E-state index contributed by atoms with van der Waals surface area (Å²) in [5.74, 6) is 0.306. The Morgan fingerprint density at radius 1 is 1.24 bits per heavy atom. The Morgan fingerprint density at radius 3 is 2.82 bits per heavy atom. The first-order chi connectivity index (χ1) is 8.16. The highest BCUT2D eigenvalue weighted by Gasteiger charge is 2.06. The van der Waals surface area contributed by atoms with Crippen molar-refractivity contribution < 1.29 is 9.13 Å². The topological polar surface area (TPSA) is 22.1 Å². The van der Waals surface area contributed by atoms with Crippen LogP contribution in [0.2, 0.25) is 0 Å². The number of pyridine rings is 1. The van der Waals surface area contributed by atoms with Crippen molar-refractivity contribution in [3.63, 3.8) is 0 Å². The molecule has 1 aromatic heterocycles. The monoisotopic (exact) mass is 359 g/mol. The average molecular weight is 361 g/mol. The maximum Gasteiger partial charge on any atom is 0.152 e. The normalized spacial score (nSPS) is 10.3. The molecule has 1 heterocycles. The van der Waals surface area contributed by atoms with Crippen LogP contribution >= 0.6 is 31.9 Å². The van der Waals surface area contributed by atoms with Crippen LogP contribution in [0.1, 0.15) is 5.56 Å². The molecule has 17 heavy (non-hydrogen) atoms. The van der Waals surface area contributed by atoms with Crippen molar-refractivity contribution in [3.8, 4) is 5.75 Å². The highest BCUT2D eigenvalue weighted by atomic mass is 79.9. The number of rotatable bonds is 3. The molecular weight excluding hydrogens is 353 g/mol. The van der Waals surface area contributed by atoms with Crippen molar-refractivity contribution in [2.75, 3.05) is 0 Å². The molecule has 0 spiro atoms. The molecule has 5 heteroatoms. The summed E-state index contributed by atoms with van der Waals surface area (Å²) in [5, 5.41) is 0. The first-order valence-electron chi connectivity index (χ1n) is 4.84. The molecule has 88 valence electrons. The number of benzene rings is 1. The number of nitrogens with zero attached hydrogens (tertiary/aromatic N) is 1. The molecular formula is C12H8Br2FNO. The van der Waals surface area contributed by atoms with Crippen LogP contribution in [0.15, 0.2) is 45.6 Å². The number of halogens is 3. The molecule has 1 aromatic carbocycles. The lowest BCUT2D eigenvalue weighted by molar-refractivity contribution is 0.296. The Morgan fingerprint density at radius 2 is 2.06 bits per heavy atom. The van der Waals surface area contributed by atoms with Gasteiger partial charge in [-0.05, 0) is 46.3 Å². The quantitative estimate of drug-likeness (QED) is 0.760. The van der Waals surface area contributed by atoms with E-state index in [1.807, 2.05) is 0 Å². The summed E-state index contributed by atoms with van der Waals surface area (Å²) >= 11 is 6.56. The Hall–Kier alpha value is -0.940. The van der Waals surface area contributed by atoms with Gasteiger partial charge in [-0.15, -0.1) is 0 Å². The van der Waals surface area contributed by atoms with E-state index >= 15 is 0 Å². The summed E-state index contributed by atoms with van der Waals surface area (Å²) in [5.41, 5.74) is 0.495. The van der Waals surface area contributed by atoms with Crippen molar-refractivity contribution in [1.29, 1.82) is 0 Å². The van der Waals surface area contributed by atoms with Crippen LogP contribution in [0, 0.1) is 5.82 Å². The Bertz CT molecular complexity index is 534. The maximum atomic E-state index is 13.4. The van der Waals surface area contributed by atoms with E-state index in [9.17, 15) is 4.39 Å². The van der Waals surface area contributed by atoms with Gasteiger partial charge in [0.1, 0.15) is 17.0 Å². The lowest BCUT2D eigenvalue weighted by Crippen LogP contribution is -1.99. The van der Waals surface area contributed by atoms with Crippen molar-refractivity contribution in [2.24, 2.45) is 0 Å². The minimum absolute atomic E-state index is 0.162. The molecule has 0 atom stereocenters. The zero-order valence-corrected chi connectivity index (χ0v) is 11.8. The van der Waals surface area contributed by atoms with E-state index in [1.165, 1.54) is 6.07 Å². The molecule has 0 saturated heterocycles. The summed E-state index contributed by atoms with van der Waals surface area (Å²) in [6.07, 6.45) is 1.65. The first-order valence-corrected chi connectivity index (χ1v) is 6.42. The van der Waals surface area contributed by atoms with E-state index in [-0.39, 0.29) is 12.4 Å². The van der Waals surface area contributed by atoms with Crippen LogP contribution in [0.25, 0.3) is 0 Å². The van der Waals surface area contributed by atoms with Gasteiger partial charge < -0.3 is 4.74 Å². The summed E-state index contributed by atoms with van der Waals surface area (Å²) in [7, 11) is 0. The van der Waals surface area contributed by atoms with E-state index in [1.54, 1.807) is 30.5 Å². The van der Waals surface area contributed by atoms with Gasteiger partial charge in [0.15, 0.2) is 5.75 Å². The van der Waals surface area contributed by atoms with E-state index < -0.39 is 0 Å². The van der Waals surface area contributed by atoms with Crippen molar-refractivity contribution in [3.05, 3.63) is 57.0 Å². The summed E-state index contributed by atoms with van der Waals surface area (Å²) in [6, 6.07) is 8.28. The van der Waals surface area contributed by atoms with Crippen LogP contribution in [0.5, 0.6) is 5.75 Å². The Labute approximate surface area is 115 Å². The number of hydrogen-bond donors (Lipinski definition) is 0. The van der Waals surface area contributed by atoms with E-state index in [0.717, 1.165) is 4.47 Å². The fraction of sp³-hybridized carbons (Fsp3) is 0.0833. The smallest absolute Gasteiger partial charge is 0.152 e. The van der Waals surface area contributed by atoms with Gasteiger partial charge in [0, 0.05) is 16.2 Å². The number of aromatic nitrogens is 1. The fourth-order valence-corrected chi connectivity index (χ4v) is 2.06. The molecule has 0 radical (unpaired) electrons. The zero-order valence-electron chi connectivity index (χ0n) is 8.66.